The number of carbonyl (C=O) groups is 2. The Kier molecular flexibility index (Phi) is 3.96. The average molecular weight is 305 g/mol. The van der Waals surface area contributed by atoms with E-state index in [1.807, 2.05) is 22.4 Å². The van der Waals surface area contributed by atoms with Crippen LogP contribution < -0.4 is 10.6 Å². The van der Waals surface area contributed by atoms with Gasteiger partial charge in [-0.15, -0.1) is 11.3 Å². The van der Waals surface area contributed by atoms with Crippen molar-refractivity contribution in [1.29, 1.82) is 0 Å². The van der Waals surface area contributed by atoms with Crippen molar-refractivity contribution >= 4 is 23.3 Å². The zero-order chi connectivity index (χ0) is 14.8. The van der Waals surface area contributed by atoms with Crippen LogP contribution in [0.4, 0.5) is 4.79 Å². The molecule has 2 aliphatic heterocycles. The summed E-state index contributed by atoms with van der Waals surface area (Å²) in [5, 5.41) is 7.56. The second-order valence-corrected chi connectivity index (χ2v) is 6.42. The van der Waals surface area contributed by atoms with Crippen LogP contribution in [0.3, 0.4) is 0 Å². The molecule has 0 spiro atoms. The lowest BCUT2D eigenvalue weighted by molar-refractivity contribution is -0.128. The molecule has 5 nitrogen and oxygen atoms in total. The van der Waals surface area contributed by atoms with Crippen LogP contribution in [0, 0.1) is 0 Å². The third kappa shape index (κ3) is 2.81. The van der Waals surface area contributed by atoms with E-state index in [0.29, 0.717) is 11.3 Å². The second kappa shape index (κ2) is 5.89. The molecule has 1 atom stereocenters. The Hall–Kier alpha value is -1.82. The Balaban J connectivity index is 1.93. The molecule has 0 radical (unpaired) electrons. The Labute approximate surface area is 128 Å². The number of nitrogens with zero attached hydrogens (tertiary/aromatic N) is 1. The third-order valence-corrected chi connectivity index (χ3v) is 4.91. The topological polar surface area (TPSA) is 61.4 Å². The molecule has 6 heteroatoms. The van der Waals surface area contributed by atoms with Crippen molar-refractivity contribution in [2.75, 3.05) is 13.1 Å². The lowest BCUT2D eigenvalue weighted by atomic mass is 9.99. The molecule has 0 aliphatic carbocycles. The summed E-state index contributed by atoms with van der Waals surface area (Å²) in [7, 11) is 0. The normalized spacial score (nSPS) is 22.8. The van der Waals surface area contributed by atoms with E-state index in [-0.39, 0.29) is 18.0 Å². The van der Waals surface area contributed by atoms with Crippen molar-refractivity contribution in [3.8, 4) is 0 Å². The van der Waals surface area contributed by atoms with Gasteiger partial charge in [0.2, 0.25) is 0 Å². The number of rotatable bonds is 2. The zero-order valence-electron chi connectivity index (χ0n) is 12.0. The number of nitrogens with one attached hydrogen (secondary N) is 2. The van der Waals surface area contributed by atoms with Crippen LogP contribution in [-0.2, 0) is 4.79 Å². The van der Waals surface area contributed by atoms with Crippen molar-refractivity contribution in [2.45, 2.75) is 32.2 Å². The summed E-state index contributed by atoms with van der Waals surface area (Å²) >= 11 is 1.55. The van der Waals surface area contributed by atoms with Gasteiger partial charge in [0.25, 0.3) is 5.91 Å². The van der Waals surface area contributed by atoms with Gasteiger partial charge in [-0.2, -0.15) is 0 Å². The fourth-order valence-electron chi connectivity index (χ4n) is 2.91. The molecule has 0 aromatic carbocycles. The maximum absolute atomic E-state index is 12.9. The monoisotopic (exact) mass is 305 g/mol. The number of carbonyl (C=O) groups excluding carboxylic acids is 2. The van der Waals surface area contributed by atoms with Crippen molar-refractivity contribution in [3.63, 3.8) is 0 Å². The zero-order valence-corrected chi connectivity index (χ0v) is 12.8. The Bertz CT molecular complexity index is 574. The summed E-state index contributed by atoms with van der Waals surface area (Å²) in [6, 6.07) is 3.30. The first-order valence-corrected chi connectivity index (χ1v) is 8.16. The summed E-state index contributed by atoms with van der Waals surface area (Å²) in [4.78, 5) is 27.5. The Morgan fingerprint density at radius 1 is 1.33 bits per heavy atom. The predicted molar refractivity (Wildman–Crippen MR) is 81.9 cm³/mol. The molecule has 112 valence electrons. The van der Waals surface area contributed by atoms with Gasteiger partial charge in [0.15, 0.2) is 0 Å². The fourth-order valence-corrected chi connectivity index (χ4v) is 3.70. The SMILES string of the molecule is CC1=C(C(=O)N2CCCCC2)[C@@H](c2cccs2)NC(=O)N1. The van der Waals surface area contributed by atoms with Gasteiger partial charge in [0, 0.05) is 23.7 Å². The number of hydrogen-bond donors (Lipinski definition) is 2. The number of amides is 3. The Morgan fingerprint density at radius 2 is 2.10 bits per heavy atom. The molecular formula is C15H19N3O2S. The molecular weight excluding hydrogens is 286 g/mol. The number of allylic oxidation sites excluding steroid dienone is 1. The second-order valence-electron chi connectivity index (χ2n) is 5.44. The van der Waals surface area contributed by atoms with E-state index in [1.54, 1.807) is 18.3 Å². The van der Waals surface area contributed by atoms with Gasteiger partial charge in [0.05, 0.1) is 11.6 Å². The first kappa shape index (κ1) is 14.1. The van der Waals surface area contributed by atoms with E-state index >= 15 is 0 Å². The van der Waals surface area contributed by atoms with Gasteiger partial charge in [-0.05, 0) is 37.6 Å². The van der Waals surface area contributed by atoms with Crippen LogP contribution >= 0.6 is 11.3 Å². The van der Waals surface area contributed by atoms with Crippen LogP contribution in [0.5, 0.6) is 0 Å². The van der Waals surface area contributed by atoms with E-state index < -0.39 is 0 Å². The van der Waals surface area contributed by atoms with Crippen LogP contribution in [0.15, 0.2) is 28.8 Å². The van der Waals surface area contributed by atoms with Crippen LogP contribution in [0.2, 0.25) is 0 Å². The minimum atomic E-state index is -0.340. The van der Waals surface area contributed by atoms with Gasteiger partial charge in [-0.25, -0.2) is 4.79 Å². The average Bonchev–Trinajstić information content (AvgIpc) is 3.01. The van der Waals surface area contributed by atoms with Crippen molar-refractivity contribution < 1.29 is 9.59 Å². The smallest absolute Gasteiger partial charge is 0.319 e. The van der Waals surface area contributed by atoms with Crippen molar-refractivity contribution in [3.05, 3.63) is 33.7 Å². The number of thiophene rings is 1. The maximum atomic E-state index is 12.9. The maximum Gasteiger partial charge on any atom is 0.319 e. The molecule has 1 aromatic rings. The minimum Gasteiger partial charge on any atom is -0.339 e. The predicted octanol–water partition coefficient (Wildman–Crippen LogP) is 2.39. The van der Waals surface area contributed by atoms with E-state index in [2.05, 4.69) is 10.6 Å². The molecule has 21 heavy (non-hydrogen) atoms. The van der Waals surface area contributed by atoms with Crippen molar-refractivity contribution in [2.24, 2.45) is 0 Å². The quantitative estimate of drug-likeness (QED) is 0.881. The highest BCUT2D eigenvalue weighted by Crippen LogP contribution is 2.31. The third-order valence-electron chi connectivity index (χ3n) is 3.97. The minimum absolute atomic E-state index is 0.0399. The van der Waals surface area contributed by atoms with E-state index in [1.165, 1.54) is 6.42 Å². The standard InChI is InChI=1S/C15H19N3O2S/c1-10-12(14(19)18-7-3-2-4-8-18)13(17-15(20)16-10)11-6-5-9-21-11/h5-6,9,13H,2-4,7-8H2,1H3,(H2,16,17,20)/t13-/m1/s1. The van der Waals surface area contributed by atoms with E-state index in [0.717, 1.165) is 30.8 Å². The van der Waals surface area contributed by atoms with Gasteiger partial charge < -0.3 is 15.5 Å². The number of piperidine rings is 1. The summed E-state index contributed by atoms with van der Waals surface area (Å²) in [5.41, 5.74) is 1.33. The molecule has 3 amide bonds. The van der Waals surface area contributed by atoms with Gasteiger partial charge in [0.1, 0.15) is 0 Å². The lowest BCUT2D eigenvalue weighted by Gasteiger charge is -2.33. The van der Waals surface area contributed by atoms with Crippen LogP contribution in [0.1, 0.15) is 37.1 Å². The highest BCUT2D eigenvalue weighted by molar-refractivity contribution is 7.10. The summed E-state index contributed by atoms with van der Waals surface area (Å²) in [5.74, 6) is 0.0399. The largest absolute Gasteiger partial charge is 0.339 e. The van der Waals surface area contributed by atoms with E-state index in [4.69, 9.17) is 0 Å². The van der Waals surface area contributed by atoms with Gasteiger partial charge in [-0.3, -0.25) is 4.79 Å². The molecule has 0 unspecified atom stereocenters. The molecule has 3 rings (SSSR count). The summed E-state index contributed by atoms with van der Waals surface area (Å²) < 4.78 is 0. The molecule has 0 bridgehead atoms. The molecule has 3 heterocycles. The highest BCUT2D eigenvalue weighted by atomic mass is 32.1. The Morgan fingerprint density at radius 3 is 2.76 bits per heavy atom. The first-order chi connectivity index (χ1) is 10.2. The van der Waals surface area contributed by atoms with Crippen molar-refractivity contribution in [1.82, 2.24) is 15.5 Å². The summed E-state index contributed by atoms with van der Waals surface area (Å²) in [6.07, 6.45) is 3.30. The molecule has 2 N–H and O–H groups in total. The fraction of sp³-hybridized carbons (Fsp3) is 0.467. The molecule has 0 saturated carbocycles. The number of likely N-dealkylation sites (tertiary alicyclic amines) is 1. The molecule has 1 saturated heterocycles. The van der Waals surface area contributed by atoms with Crippen LogP contribution in [0.25, 0.3) is 0 Å². The van der Waals surface area contributed by atoms with Gasteiger partial charge in [-0.1, -0.05) is 6.07 Å². The van der Waals surface area contributed by atoms with E-state index in [9.17, 15) is 9.59 Å². The summed E-state index contributed by atoms with van der Waals surface area (Å²) in [6.45, 7) is 3.41. The molecule has 2 aliphatic rings. The highest BCUT2D eigenvalue weighted by Gasteiger charge is 2.34. The van der Waals surface area contributed by atoms with Gasteiger partial charge >= 0.3 is 6.03 Å². The molecule has 1 aromatic heterocycles. The lowest BCUT2D eigenvalue weighted by Crippen LogP contribution is -2.48. The molecule has 1 fully saturated rings. The number of urea groups is 1. The first-order valence-electron chi connectivity index (χ1n) is 7.28. The number of hydrogen-bond acceptors (Lipinski definition) is 3. The van der Waals surface area contributed by atoms with Crippen LogP contribution in [-0.4, -0.2) is 29.9 Å².